The van der Waals surface area contributed by atoms with Crippen LogP contribution in [-0.4, -0.2) is 30.6 Å². The Morgan fingerprint density at radius 3 is 2.79 bits per heavy atom. The van der Waals surface area contributed by atoms with Gasteiger partial charge in [-0.05, 0) is 55.5 Å². The fraction of sp³-hybridized carbons (Fsp3) is 0.381. The Hall–Kier alpha value is -2.98. The van der Waals surface area contributed by atoms with Gasteiger partial charge in [0, 0.05) is 18.7 Å². The maximum absolute atomic E-state index is 12.2. The van der Waals surface area contributed by atoms with Gasteiger partial charge in [-0.3, -0.25) is 9.59 Å². The van der Waals surface area contributed by atoms with Gasteiger partial charge in [0.2, 0.25) is 5.91 Å². The Morgan fingerprint density at radius 2 is 2.03 bits per heavy atom. The lowest BCUT2D eigenvalue weighted by Gasteiger charge is -2.20. The maximum Gasteiger partial charge on any atom is 0.266 e. The minimum absolute atomic E-state index is 0.0986. The van der Waals surface area contributed by atoms with Gasteiger partial charge in [0.25, 0.3) is 5.56 Å². The SMILES string of the molecule is Cc1[nH]c(=O)c(C#N)c(C)c1CCC(=O)NCCc1cc(Cl)c2c(c1)OCCO2. The van der Waals surface area contributed by atoms with Crippen LogP contribution in [0, 0.1) is 25.2 Å². The number of carbonyl (C=O) groups is 1. The molecule has 152 valence electrons. The van der Waals surface area contributed by atoms with E-state index in [1.807, 2.05) is 18.2 Å². The Bertz CT molecular complexity index is 1040. The van der Waals surface area contributed by atoms with Gasteiger partial charge >= 0.3 is 0 Å². The van der Waals surface area contributed by atoms with Gasteiger partial charge in [0.05, 0.1) is 5.02 Å². The summed E-state index contributed by atoms with van der Waals surface area (Å²) in [6.45, 7) is 4.93. The van der Waals surface area contributed by atoms with Crippen molar-refractivity contribution < 1.29 is 14.3 Å². The molecule has 1 aromatic heterocycles. The second-order valence-corrected chi connectivity index (χ2v) is 7.28. The summed E-state index contributed by atoms with van der Waals surface area (Å²) in [5.74, 6) is 1.09. The standard InChI is InChI=1S/C21H22ClN3O4/c1-12-15(13(2)25-21(27)16(12)11-23)3-4-19(26)24-6-5-14-9-17(22)20-18(10-14)28-7-8-29-20/h9-10H,3-8H2,1-2H3,(H,24,26)(H,25,27). The van der Waals surface area contributed by atoms with Gasteiger partial charge < -0.3 is 19.8 Å². The zero-order valence-electron chi connectivity index (χ0n) is 16.4. The van der Waals surface area contributed by atoms with Crippen LogP contribution in [0.15, 0.2) is 16.9 Å². The Balaban J connectivity index is 1.55. The molecule has 0 aliphatic carbocycles. The van der Waals surface area contributed by atoms with E-state index < -0.39 is 5.56 Å². The van der Waals surface area contributed by atoms with Crippen LogP contribution < -0.4 is 20.3 Å². The van der Waals surface area contributed by atoms with E-state index in [9.17, 15) is 9.59 Å². The van der Waals surface area contributed by atoms with Gasteiger partial charge in [-0.25, -0.2) is 0 Å². The number of benzene rings is 1. The average molecular weight is 416 g/mol. The summed E-state index contributed by atoms with van der Waals surface area (Å²) in [6, 6.07) is 5.62. The highest BCUT2D eigenvalue weighted by atomic mass is 35.5. The zero-order valence-corrected chi connectivity index (χ0v) is 17.1. The van der Waals surface area contributed by atoms with E-state index in [0.29, 0.717) is 60.4 Å². The predicted molar refractivity (Wildman–Crippen MR) is 109 cm³/mol. The smallest absolute Gasteiger partial charge is 0.266 e. The van der Waals surface area contributed by atoms with Crippen LogP contribution in [0.1, 0.15) is 34.4 Å². The van der Waals surface area contributed by atoms with E-state index in [-0.39, 0.29) is 17.9 Å². The summed E-state index contributed by atoms with van der Waals surface area (Å²) in [5, 5.41) is 12.5. The van der Waals surface area contributed by atoms with Gasteiger partial charge in [0.1, 0.15) is 24.8 Å². The Morgan fingerprint density at radius 1 is 1.28 bits per heavy atom. The molecule has 0 unspecified atom stereocenters. The van der Waals surface area contributed by atoms with E-state index in [0.717, 1.165) is 11.1 Å². The number of aryl methyl sites for hydroxylation is 1. The molecule has 0 spiro atoms. The Labute approximate surface area is 173 Å². The molecular weight excluding hydrogens is 394 g/mol. The van der Waals surface area contributed by atoms with Crippen molar-refractivity contribution in [1.82, 2.24) is 10.3 Å². The minimum Gasteiger partial charge on any atom is -0.486 e. The molecular formula is C21H22ClN3O4. The molecule has 0 saturated carbocycles. The summed E-state index contributed by atoms with van der Waals surface area (Å²) in [5.41, 5.74) is 2.80. The molecule has 29 heavy (non-hydrogen) atoms. The third kappa shape index (κ3) is 4.72. The lowest BCUT2D eigenvalue weighted by atomic mass is 9.99. The summed E-state index contributed by atoms with van der Waals surface area (Å²) in [6.07, 6.45) is 1.32. The van der Waals surface area contributed by atoms with Gasteiger partial charge in [-0.15, -0.1) is 0 Å². The molecule has 8 heteroatoms. The normalized spacial score (nSPS) is 12.3. The number of carbonyl (C=O) groups excluding carboxylic acids is 1. The average Bonchev–Trinajstić information content (AvgIpc) is 2.68. The third-order valence-electron chi connectivity index (χ3n) is 4.91. The predicted octanol–water partition coefficient (Wildman–Crippen LogP) is 2.58. The van der Waals surface area contributed by atoms with Crippen LogP contribution in [0.2, 0.25) is 5.02 Å². The molecule has 0 bridgehead atoms. The molecule has 0 radical (unpaired) electrons. The van der Waals surface area contributed by atoms with Crippen molar-refractivity contribution in [3.63, 3.8) is 0 Å². The summed E-state index contributed by atoms with van der Waals surface area (Å²) in [4.78, 5) is 26.7. The van der Waals surface area contributed by atoms with Crippen LogP contribution in [0.3, 0.4) is 0 Å². The van der Waals surface area contributed by atoms with Crippen LogP contribution in [0.25, 0.3) is 0 Å². The number of ether oxygens (including phenoxy) is 2. The molecule has 1 amide bonds. The quantitative estimate of drug-likeness (QED) is 0.754. The van der Waals surface area contributed by atoms with Crippen LogP contribution in [-0.2, 0) is 17.6 Å². The molecule has 2 heterocycles. The second kappa shape index (κ2) is 9.01. The fourth-order valence-electron chi connectivity index (χ4n) is 3.40. The number of aromatic nitrogens is 1. The van der Waals surface area contributed by atoms with E-state index in [2.05, 4.69) is 10.3 Å². The van der Waals surface area contributed by atoms with E-state index in [1.165, 1.54) is 0 Å². The molecule has 2 aromatic rings. The van der Waals surface area contributed by atoms with E-state index in [1.54, 1.807) is 13.8 Å². The molecule has 0 atom stereocenters. The number of amides is 1. The number of hydrogen-bond acceptors (Lipinski definition) is 5. The first-order chi connectivity index (χ1) is 13.9. The molecule has 1 aromatic carbocycles. The highest BCUT2D eigenvalue weighted by molar-refractivity contribution is 6.32. The minimum atomic E-state index is -0.395. The van der Waals surface area contributed by atoms with Crippen LogP contribution >= 0.6 is 11.6 Å². The first-order valence-electron chi connectivity index (χ1n) is 9.38. The summed E-state index contributed by atoms with van der Waals surface area (Å²) >= 11 is 6.23. The number of fused-ring (bicyclic) bond motifs is 1. The first-order valence-corrected chi connectivity index (χ1v) is 9.75. The first kappa shape index (κ1) is 20.7. The van der Waals surface area contributed by atoms with Gasteiger partial charge in [0.15, 0.2) is 11.5 Å². The molecule has 0 saturated heterocycles. The van der Waals surface area contributed by atoms with Crippen molar-refractivity contribution in [1.29, 1.82) is 5.26 Å². The number of nitrogens with zero attached hydrogens (tertiary/aromatic N) is 1. The number of rotatable bonds is 6. The topological polar surface area (TPSA) is 104 Å². The molecule has 0 fully saturated rings. The van der Waals surface area contributed by atoms with Gasteiger partial charge in [-0.2, -0.15) is 5.26 Å². The maximum atomic E-state index is 12.2. The largest absolute Gasteiger partial charge is 0.486 e. The number of nitriles is 1. The van der Waals surface area contributed by atoms with Crippen molar-refractivity contribution in [3.05, 3.63) is 55.5 Å². The number of pyridine rings is 1. The zero-order chi connectivity index (χ0) is 21.0. The molecule has 7 nitrogen and oxygen atoms in total. The van der Waals surface area contributed by atoms with Crippen LogP contribution in [0.5, 0.6) is 11.5 Å². The number of nitrogens with one attached hydrogen (secondary N) is 2. The number of H-pyrrole nitrogens is 1. The Kier molecular flexibility index (Phi) is 6.45. The highest BCUT2D eigenvalue weighted by Crippen LogP contribution is 2.38. The third-order valence-corrected chi connectivity index (χ3v) is 5.20. The van der Waals surface area contributed by atoms with Crippen molar-refractivity contribution in [2.75, 3.05) is 19.8 Å². The molecule has 3 rings (SSSR count). The molecule has 2 N–H and O–H groups in total. The lowest BCUT2D eigenvalue weighted by Crippen LogP contribution is -2.26. The lowest BCUT2D eigenvalue weighted by molar-refractivity contribution is -0.121. The fourth-order valence-corrected chi connectivity index (χ4v) is 3.69. The van der Waals surface area contributed by atoms with E-state index in [4.69, 9.17) is 26.3 Å². The summed E-state index contributed by atoms with van der Waals surface area (Å²) in [7, 11) is 0. The van der Waals surface area contributed by atoms with Gasteiger partial charge in [-0.1, -0.05) is 11.6 Å². The van der Waals surface area contributed by atoms with Crippen molar-refractivity contribution in [3.8, 4) is 17.6 Å². The number of hydrogen-bond donors (Lipinski definition) is 2. The van der Waals surface area contributed by atoms with Crippen LogP contribution in [0.4, 0.5) is 0 Å². The number of halogens is 1. The van der Waals surface area contributed by atoms with Crippen molar-refractivity contribution in [2.45, 2.75) is 33.1 Å². The van der Waals surface area contributed by atoms with Crippen molar-refractivity contribution >= 4 is 17.5 Å². The monoisotopic (exact) mass is 415 g/mol. The second-order valence-electron chi connectivity index (χ2n) is 6.87. The highest BCUT2D eigenvalue weighted by Gasteiger charge is 2.17. The van der Waals surface area contributed by atoms with Crippen molar-refractivity contribution in [2.24, 2.45) is 0 Å². The molecule has 1 aliphatic rings. The number of aromatic amines is 1. The van der Waals surface area contributed by atoms with E-state index >= 15 is 0 Å². The summed E-state index contributed by atoms with van der Waals surface area (Å²) < 4.78 is 11.1. The molecule has 1 aliphatic heterocycles.